The number of hydrogen-bond acceptors (Lipinski definition) is 3. The van der Waals surface area contributed by atoms with E-state index in [-0.39, 0.29) is 12.5 Å². The Morgan fingerprint density at radius 1 is 1.64 bits per heavy atom. The lowest BCUT2D eigenvalue weighted by Crippen LogP contribution is -2.59. The molecule has 0 aromatic heterocycles. The molecule has 0 spiro atoms. The fourth-order valence-electron chi connectivity index (χ4n) is 1.09. The molecule has 4 nitrogen and oxygen atoms in total. The lowest BCUT2D eigenvalue weighted by Gasteiger charge is -2.42. The van der Waals surface area contributed by atoms with Crippen molar-refractivity contribution in [3.8, 4) is 0 Å². The number of likely N-dealkylation sites (tertiary alicyclic amines) is 1. The molecule has 4 heteroatoms. The molecule has 0 saturated carbocycles. The van der Waals surface area contributed by atoms with Crippen molar-refractivity contribution in [3.05, 3.63) is 0 Å². The molecule has 0 aliphatic carbocycles. The second-order valence-corrected chi connectivity index (χ2v) is 3.07. The largest absolute Gasteiger partial charge is 0.387 e. The predicted octanol–water partition coefficient (Wildman–Crippen LogP) is -1.25. The van der Waals surface area contributed by atoms with Crippen LogP contribution in [0.3, 0.4) is 0 Å². The van der Waals surface area contributed by atoms with E-state index in [1.165, 1.54) is 0 Å². The smallest absolute Gasteiger partial charge is 0.248 e. The molecule has 0 aromatic rings. The number of likely N-dealkylation sites (N-methyl/N-ethyl adjacent to an activating group) is 1. The Morgan fingerprint density at radius 3 is 2.55 bits per heavy atom. The van der Waals surface area contributed by atoms with E-state index < -0.39 is 0 Å². The number of nitrogens with zero attached hydrogens (tertiary/aromatic N) is 2. The van der Waals surface area contributed by atoms with Crippen molar-refractivity contribution in [2.24, 2.45) is 0 Å². The number of aliphatic hydroxyl groups excluding tert-OH is 1. The van der Waals surface area contributed by atoms with E-state index in [1.807, 2.05) is 14.1 Å². The van der Waals surface area contributed by atoms with Crippen LogP contribution in [0.15, 0.2) is 0 Å². The van der Waals surface area contributed by atoms with Gasteiger partial charge in [-0.3, -0.25) is 4.79 Å². The highest BCUT2D eigenvalue weighted by molar-refractivity contribution is 5.78. The van der Waals surface area contributed by atoms with Crippen molar-refractivity contribution in [1.29, 1.82) is 0 Å². The first-order valence-corrected chi connectivity index (χ1v) is 3.70. The number of carbonyl (C=O) groups excluding carboxylic acids is 1. The third-order valence-corrected chi connectivity index (χ3v) is 2.08. The maximum Gasteiger partial charge on any atom is 0.248 e. The van der Waals surface area contributed by atoms with Gasteiger partial charge in [0.2, 0.25) is 5.91 Å². The molecule has 1 saturated heterocycles. The third kappa shape index (κ3) is 1.70. The maximum atomic E-state index is 10.8. The second-order valence-electron chi connectivity index (χ2n) is 3.07. The van der Waals surface area contributed by atoms with E-state index in [4.69, 9.17) is 5.11 Å². The summed E-state index contributed by atoms with van der Waals surface area (Å²) in [5, 5.41) is 8.49. The van der Waals surface area contributed by atoms with E-state index >= 15 is 0 Å². The number of rotatable bonds is 2. The van der Waals surface area contributed by atoms with Gasteiger partial charge >= 0.3 is 0 Å². The fraction of sp³-hybridized carbons (Fsp3) is 0.857. The van der Waals surface area contributed by atoms with Crippen LogP contribution in [-0.2, 0) is 4.79 Å². The molecule has 0 unspecified atom stereocenters. The van der Waals surface area contributed by atoms with Gasteiger partial charge in [0, 0.05) is 19.1 Å². The average molecular weight is 158 g/mol. The SMILES string of the molecule is CN(C)C1CN(C(=O)CO)C1. The van der Waals surface area contributed by atoms with Crippen molar-refractivity contribution < 1.29 is 9.90 Å². The molecule has 1 amide bonds. The Labute approximate surface area is 66.4 Å². The normalized spacial score (nSPS) is 18.7. The number of amides is 1. The van der Waals surface area contributed by atoms with Gasteiger partial charge in [-0.2, -0.15) is 0 Å². The zero-order valence-electron chi connectivity index (χ0n) is 6.95. The minimum Gasteiger partial charge on any atom is -0.387 e. The summed E-state index contributed by atoms with van der Waals surface area (Å²) in [5.41, 5.74) is 0. The lowest BCUT2D eigenvalue weighted by molar-refractivity contribution is -0.140. The molecule has 1 N–H and O–H groups in total. The van der Waals surface area contributed by atoms with Crippen LogP contribution in [0.5, 0.6) is 0 Å². The summed E-state index contributed by atoms with van der Waals surface area (Å²) in [4.78, 5) is 14.6. The molecule has 0 radical (unpaired) electrons. The Morgan fingerprint density at radius 2 is 2.18 bits per heavy atom. The zero-order valence-corrected chi connectivity index (χ0v) is 6.95. The monoisotopic (exact) mass is 158 g/mol. The van der Waals surface area contributed by atoms with Gasteiger partial charge in [0.05, 0.1) is 0 Å². The zero-order chi connectivity index (χ0) is 8.43. The molecule has 0 atom stereocenters. The van der Waals surface area contributed by atoms with Crippen LogP contribution in [-0.4, -0.2) is 60.6 Å². The molecule has 1 aliphatic rings. The molecule has 1 heterocycles. The number of carbonyl (C=O) groups is 1. The molecule has 0 aromatic carbocycles. The first-order valence-electron chi connectivity index (χ1n) is 3.70. The molecule has 1 rings (SSSR count). The summed E-state index contributed by atoms with van der Waals surface area (Å²) in [5.74, 6) is -0.164. The molecule has 1 fully saturated rings. The van der Waals surface area contributed by atoms with Crippen molar-refractivity contribution in [3.63, 3.8) is 0 Å². The van der Waals surface area contributed by atoms with Gasteiger partial charge < -0.3 is 14.9 Å². The van der Waals surface area contributed by atoms with E-state index in [0.29, 0.717) is 6.04 Å². The van der Waals surface area contributed by atoms with Crippen LogP contribution < -0.4 is 0 Å². The van der Waals surface area contributed by atoms with Gasteiger partial charge in [0.1, 0.15) is 6.61 Å². The predicted molar refractivity (Wildman–Crippen MR) is 41.1 cm³/mol. The molecule has 64 valence electrons. The Kier molecular flexibility index (Phi) is 2.46. The fourth-order valence-corrected chi connectivity index (χ4v) is 1.09. The first kappa shape index (κ1) is 8.49. The van der Waals surface area contributed by atoms with E-state index in [1.54, 1.807) is 4.90 Å². The van der Waals surface area contributed by atoms with Crippen molar-refractivity contribution >= 4 is 5.91 Å². The topological polar surface area (TPSA) is 43.8 Å². The Bertz CT molecular complexity index is 153. The van der Waals surface area contributed by atoms with Gasteiger partial charge in [-0.25, -0.2) is 0 Å². The summed E-state index contributed by atoms with van der Waals surface area (Å²) >= 11 is 0. The third-order valence-electron chi connectivity index (χ3n) is 2.08. The maximum absolute atomic E-state index is 10.8. The van der Waals surface area contributed by atoms with Crippen LogP contribution in [0.25, 0.3) is 0 Å². The number of aliphatic hydroxyl groups is 1. The van der Waals surface area contributed by atoms with Crippen LogP contribution >= 0.6 is 0 Å². The highest BCUT2D eigenvalue weighted by atomic mass is 16.3. The minimum atomic E-state index is -0.361. The summed E-state index contributed by atoms with van der Waals surface area (Å²) in [6, 6.07) is 0.477. The summed E-state index contributed by atoms with van der Waals surface area (Å²) in [7, 11) is 3.98. The van der Waals surface area contributed by atoms with Crippen LogP contribution in [0, 0.1) is 0 Å². The van der Waals surface area contributed by atoms with Gasteiger partial charge in [-0.15, -0.1) is 0 Å². The number of hydrogen-bond donors (Lipinski definition) is 1. The highest BCUT2D eigenvalue weighted by Crippen LogP contribution is 2.11. The lowest BCUT2D eigenvalue weighted by atomic mass is 10.1. The van der Waals surface area contributed by atoms with Crippen LogP contribution in [0.2, 0.25) is 0 Å². The van der Waals surface area contributed by atoms with E-state index in [9.17, 15) is 4.79 Å². The Balaban J connectivity index is 2.24. The quantitative estimate of drug-likeness (QED) is 0.546. The molecule has 11 heavy (non-hydrogen) atoms. The first-order chi connectivity index (χ1) is 5.15. The van der Waals surface area contributed by atoms with Gasteiger partial charge in [-0.05, 0) is 14.1 Å². The van der Waals surface area contributed by atoms with Gasteiger partial charge in [0.25, 0.3) is 0 Å². The summed E-state index contributed by atoms with van der Waals surface area (Å²) < 4.78 is 0. The molecule has 0 bridgehead atoms. The van der Waals surface area contributed by atoms with Crippen LogP contribution in [0.1, 0.15) is 0 Å². The Hall–Kier alpha value is -0.610. The average Bonchev–Trinajstić information content (AvgIpc) is 1.83. The standard InChI is InChI=1S/C7H14N2O2/c1-8(2)6-3-9(4-6)7(11)5-10/h6,10H,3-5H2,1-2H3. The molecule has 1 aliphatic heterocycles. The van der Waals surface area contributed by atoms with Gasteiger partial charge in [-0.1, -0.05) is 0 Å². The highest BCUT2D eigenvalue weighted by Gasteiger charge is 2.30. The summed E-state index contributed by atoms with van der Waals surface area (Å²) in [6.07, 6.45) is 0. The van der Waals surface area contributed by atoms with Gasteiger partial charge in [0.15, 0.2) is 0 Å². The van der Waals surface area contributed by atoms with E-state index in [0.717, 1.165) is 13.1 Å². The second kappa shape index (κ2) is 3.19. The van der Waals surface area contributed by atoms with E-state index in [2.05, 4.69) is 4.90 Å². The van der Waals surface area contributed by atoms with Crippen molar-refractivity contribution in [1.82, 2.24) is 9.80 Å². The van der Waals surface area contributed by atoms with Crippen molar-refractivity contribution in [2.45, 2.75) is 6.04 Å². The van der Waals surface area contributed by atoms with Crippen LogP contribution in [0.4, 0.5) is 0 Å². The molecular formula is C7H14N2O2. The summed E-state index contributed by atoms with van der Waals surface area (Å²) in [6.45, 7) is 1.15. The van der Waals surface area contributed by atoms with Crippen molar-refractivity contribution in [2.75, 3.05) is 33.8 Å². The minimum absolute atomic E-state index is 0.164. The molecular weight excluding hydrogens is 144 g/mol.